The third kappa shape index (κ3) is 4.38. The second-order valence-corrected chi connectivity index (χ2v) is 6.01. The average Bonchev–Trinajstić information content (AvgIpc) is 2.53. The van der Waals surface area contributed by atoms with Gasteiger partial charge in [0.15, 0.2) is 5.69 Å². The summed E-state index contributed by atoms with van der Waals surface area (Å²) in [6, 6.07) is -0.0295. The highest BCUT2D eigenvalue weighted by atomic mass is 19.4. The van der Waals surface area contributed by atoms with Gasteiger partial charge in [-0.25, -0.2) is 0 Å². The molecule has 0 aromatic heterocycles. The average molecular weight is 378 g/mol. The molecule has 1 aliphatic rings. The maximum atomic E-state index is 12.9. The van der Waals surface area contributed by atoms with E-state index in [2.05, 4.69) is 5.32 Å². The van der Waals surface area contributed by atoms with Gasteiger partial charge < -0.3 is 15.0 Å². The standard InChI is InChI=1S/C14H17F3N4O5/c1-8(12-7-19(2)3-4-26-12)18-13-10(20(22)23)5-9(14(15,16)17)6-11(13)21(24)25/h5-6,8,12,18H,3-4,7H2,1-2H3. The maximum Gasteiger partial charge on any atom is 0.416 e. The Bertz CT molecular complexity index is 677. The number of morpholine rings is 1. The van der Waals surface area contributed by atoms with Gasteiger partial charge in [0.1, 0.15) is 0 Å². The van der Waals surface area contributed by atoms with Gasteiger partial charge in [0.2, 0.25) is 0 Å². The van der Waals surface area contributed by atoms with Gasteiger partial charge in [0.25, 0.3) is 11.4 Å². The number of nitro benzene ring substituents is 2. The summed E-state index contributed by atoms with van der Waals surface area (Å²) in [5, 5.41) is 25.1. The highest BCUT2D eigenvalue weighted by Crippen LogP contribution is 2.41. The van der Waals surface area contributed by atoms with Crippen molar-refractivity contribution in [3.05, 3.63) is 37.9 Å². The fourth-order valence-electron chi connectivity index (χ4n) is 2.65. The van der Waals surface area contributed by atoms with Gasteiger partial charge in [-0.3, -0.25) is 20.2 Å². The quantitative estimate of drug-likeness (QED) is 0.619. The van der Waals surface area contributed by atoms with Gasteiger partial charge >= 0.3 is 6.18 Å². The number of nitrogens with zero attached hydrogens (tertiary/aromatic N) is 3. The predicted octanol–water partition coefficient (Wildman–Crippen LogP) is 2.65. The first-order valence-corrected chi connectivity index (χ1v) is 7.61. The number of nitro groups is 2. The van der Waals surface area contributed by atoms with Gasteiger partial charge in [-0.15, -0.1) is 0 Å². The van der Waals surface area contributed by atoms with Crippen molar-refractivity contribution in [2.45, 2.75) is 25.2 Å². The number of rotatable bonds is 5. The highest BCUT2D eigenvalue weighted by Gasteiger charge is 2.38. The minimum atomic E-state index is -4.95. The SMILES string of the molecule is CC(Nc1c([N+](=O)[O-])cc(C(F)(F)F)cc1[N+](=O)[O-])C1CN(C)CCO1. The van der Waals surface area contributed by atoms with Gasteiger partial charge in [0.05, 0.1) is 34.2 Å². The van der Waals surface area contributed by atoms with Crippen LogP contribution < -0.4 is 5.32 Å². The molecular formula is C14H17F3N4O5. The van der Waals surface area contributed by atoms with Crippen LogP contribution in [0.15, 0.2) is 12.1 Å². The van der Waals surface area contributed by atoms with Crippen molar-refractivity contribution in [3.63, 3.8) is 0 Å². The molecule has 26 heavy (non-hydrogen) atoms. The Kier molecular flexibility index (Phi) is 5.66. The van der Waals surface area contributed by atoms with Crippen LogP contribution in [0.1, 0.15) is 12.5 Å². The monoisotopic (exact) mass is 378 g/mol. The molecule has 1 aromatic rings. The van der Waals surface area contributed by atoms with E-state index in [1.165, 1.54) is 0 Å². The fourth-order valence-corrected chi connectivity index (χ4v) is 2.65. The van der Waals surface area contributed by atoms with Crippen molar-refractivity contribution in [3.8, 4) is 0 Å². The van der Waals surface area contributed by atoms with Crippen molar-refractivity contribution >= 4 is 17.1 Å². The minimum absolute atomic E-state index is 0.288. The van der Waals surface area contributed by atoms with E-state index in [9.17, 15) is 33.4 Å². The van der Waals surface area contributed by atoms with Crippen molar-refractivity contribution in [2.24, 2.45) is 0 Å². The van der Waals surface area contributed by atoms with Gasteiger partial charge in [-0.2, -0.15) is 13.2 Å². The third-order valence-electron chi connectivity index (χ3n) is 4.04. The van der Waals surface area contributed by atoms with Crippen LogP contribution in [0.3, 0.4) is 0 Å². The molecule has 144 valence electrons. The lowest BCUT2D eigenvalue weighted by Crippen LogP contribution is -2.47. The molecule has 12 heteroatoms. The van der Waals surface area contributed by atoms with Gasteiger partial charge in [0, 0.05) is 25.2 Å². The summed E-state index contributed by atoms with van der Waals surface area (Å²) in [4.78, 5) is 22.2. The lowest BCUT2D eigenvalue weighted by atomic mass is 10.1. The normalized spacial score (nSPS) is 19.8. The summed E-state index contributed by atoms with van der Waals surface area (Å²) >= 11 is 0. The predicted molar refractivity (Wildman–Crippen MR) is 85.1 cm³/mol. The number of ether oxygens (including phenoxy) is 1. The first-order valence-electron chi connectivity index (χ1n) is 7.61. The van der Waals surface area contributed by atoms with Crippen molar-refractivity contribution in [1.29, 1.82) is 0 Å². The first kappa shape index (κ1) is 19.8. The van der Waals surface area contributed by atoms with E-state index in [-0.39, 0.29) is 12.1 Å². The largest absolute Gasteiger partial charge is 0.416 e. The van der Waals surface area contributed by atoms with Crippen molar-refractivity contribution in [1.82, 2.24) is 4.90 Å². The number of hydrogen-bond acceptors (Lipinski definition) is 7. The van der Waals surface area contributed by atoms with E-state index in [1.807, 2.05) is 11.9 Å². The third-order valence-corrected chi connectivity index (χ3v) is 4.04. The molecule has 1 fully saturated rings. The molecule has 0 aliphatic carbocycles. The van der Waals surface area contributed by atoms with Gasteiger partial charge in [-0.05, 0) is 14.0 Å². The molecule has 2 unspecified atom stereocenters. The molecule has 0 bridgehead atoms. The molecule has 2 rings (SSSR count). The smallest absolute Gasteiger partial charge is 0.373 e. The number of halogens is 3. The van der Waals surface area contributed by atoms with Gasteiger partial charge in [-0.1, -0.05) is 0 Å². The molecule has 0 amide bonds. The highest BCUT2D eigenvalue weighted by molar-refractivity contribution is 5.75. The molecule has 0 saturated carbocycles. The summed E-state index contributed by atoms with van der Waals surface area (Å²) in [5.74, 6) is 0. The van der Waals surface area contributed by atoms with Crippen LogP contribution in [-0.4, -0.2) is 53.6 Å². The Hall–Kier alpha value is -2.47. The Balaban J connectivity index is 2.45. The molecule has 9 nitrogen and oxygen atoms in total. The topological polar surface area (TPSA) is 111 Å². The molecule has 1 saturated heterocycles. The molecule has 1 heterocycles. The summed E-state index contributed by atoms with van der Waals surface area (Å²) in [6.07, 6.45) is -5.38. The zero-order valence-electron chi connectivity index (χ0n) is 13.9. The van der Waals surface area contributed by atoms with E-state index in [4.69, 9.17) is 4.74 Å². The second-order valence-electron chi connectivity index (χ2n) is 6.01. The molecule has 1 aliphatic heterocycles. The van der Waals surface area contributed by atoms with E-state index in [0.29, 0.717) is 19.7 Å². The zero-order valence-corrected chi connectivity index (χ0v) is 13.9. The first-order chi connectivity index (χ1) is 12.0. The molecular weight excluding hydrogens is 361 g/mol. The maximum absolute atomic E-state index is 12.9. The van der Waals surface area contributed by atoms with E-state index in [1.54, 1.807) is 6.92 Å². The molecule has 0 radical (unpaired) electrons. The molecule has 0 spiro atoms. The number of benzene rings is 1. The number of likely N-dealkylation sites (N-methyl/N-ethyl adjacent to an activating group) is 1. The molecule has 1 aromatic carbocycles. The number of nitrogens with one attached hydrogen (secondary N) is 1. The lowest BCUT2D eigenvalue weighted by Gasteiger charge is -2.34. The summed E-state index contributed by atoms with van der Waals surface area (Å²) in [7, 11) is 1.84. The molecule has 2 atom stereocenters. The molecule has 1 N–H and O–H groups in total. The fraction of sp³-hybridized carbons (Fsp3) is 0.571. The Labute approximate surface area is 146 Å². The van der Waals surface area contributed by atoms with Crippen LogP contribution in [0.2, 0.25) is 0 Å². The Morgan fingerprint density at radius 3 is 2.23 bits per heavy atom. The van der Waals surface area contributed by atoms with Crippen LogP contribution in [0.4, 0.5) is 30.2 Å². The number of alkyl halides is 3. The second kappa shape index (κ2) is 7.41. The summed E-state index contributed by atoms with van der Waals surface area (Å²) < 4.78 is 44.3. The van der Waals surface area contributed by atoms with Crippen LogP contribution in [-0.2, 0) is 10.9 Å². The van der Waals surface area contributed by atoms with Crippen molar-refractivity contribution < 1.29 is 27.8 Å². The Morgan fingerprint density at radius 2 is 1.81 bits per heavy atom. The van der Waals surface area contributed by atoms with Crippen LogP contribution in [0, 0.1) is 20.2 Å². The van der Waals surface area contributed by atoms with Crippen LogP contribution >= 0.6 is 0 Å². The van der Waals surface area contributed by atoms with E-state index >= 15 is 0 Å². The van der Waals surface area contributed by atoms with E-state index < -0.39 is 50.8 Å². The minimum Gasteiger partial charge on any atom is -0.373 e. The number of anilines is 1. The van der Waals surface area contributed by atoms with Crippen LogP contribution in [0.5, 0.6) is 0 Å². The summed E-state index contributed by atoms with van der Waals surface area (Å²) in [5.41, 5.74) is -4.05. The van der Waals surface area contributed by atoms with E-state index in [0.717, 1.165) is 0 Å². The summed E-state index contributed by atoms with van der Waals surface area (Å²) in [6.45, 7) is 3.15. The lowest BCUT2D eigenvalue weighted by molar-refractivity contribution is -0.392. The van der Waals surface area contributed by atoms with Crippen LogP contribution in [0.25, 0.3) is 0 Å². The van der Waals surface area contributed by atoms with Crippen molar-refractivity contribution in [2.75, 3.05) is 32.1 Å². The zero-order chi connectivity index (χ0) is 19.6. The number of hydrogen-bond donors (Lipinski definition) is 1. The Morgan fingerprint density at radius 1 is 1.27 bits per heavy atom.